The molecule has 0 unspecified atom stereocenters. The number of ether oxygens (including phenoxy) is 1. The summed E-state index contributed by atoms with van der Waals surface area (Å²) in [7, 11) is 1.38. The third-order valence-electron chi connectivity index (χ3n) is 4.27. The minimum absolute atomic E-state index is 0.370. The average Bonchev–Trinajstić information content (AvgIpc) is 3.12. The maximum atomic E-state index is 12.0. The second-order valence-corrected chi connectivity index (χ2v) is 7.74. The van der Waals surface area contributed by atoms with Crippen molar-refractivity contribution in [2.45, 2.75) is 19.8 Å². The minimum Gasteiger partial charge on any atom is -0.465 e. The van der Waals surface area contributed by atoms with Gasteiger partial charge < -0.3 is 15.4 Å². The number of carbonyl (C=O) groups excluding carboxylic acids is 1. The second kappa shape index (κ2) is 9.48. The number of benzene rings is 2. The third-order valence-corrected chi connectivity index (χ3v) is 5.67. The van der Waals surface area contributed by atoms with E-state index in [-0.39, 0.29) is 5.97 Å². The zero-order valence-electron chi connectivity index (χ0n) is 15.8. The van der Waals surface area contributed by atoms with Gasteiger partial charge in [0.2, 0.25) is 0 Å². The highest BCUT2D eigenvalue weighted by Gasteiger charge is 2.17. The van der Waals surface area contributed by atoms with Crippen LogP contribution in [0.4, 0.5) is 10.7 Å². The maximum absolute atomic E-state index is 12.0. The normalized spacial score (nSPS) is 10.4. The molecule has 3 rings (SSSR count). The fraction of sp³-hybridized carbons (Fsp3) is 0.182. The Morgan fingerprint density at radius 1 is 1.07 bits per heavy atom. The van der Waals surface area contributed by atoms with E-state index in [0.29, 0.717) is 15.7 Å². The van der Waals surface area contributed by atoms with Crippen molar-refractivity contribution in [2.24, 2.45) is 0 Å². The van der Waals surface area contributed by atoms with Crippen LogP contribution in [0.15, 0.2) is 60.7 Å². The first kappa shape index (κ1) is 20.0. The van der Waals surface area contributed by atoms with Crippen molar-refractivity contribution in [3.8, 4) is 0 Å². The van der Waals surface area contributed by atoms with Gasteiger partial charge in [0.15, 0.2) is 5.11 Å². The molecule has 0 aliphatic heterocycles. The molecule has 0 bridgehead atoms. The highest BCUT2D eigenvalue weighted by molar-refractivity contribution is 7.80. The largest absolute Gasteiger partial charge is 0.465 e. The van der Waals surface area contributed by atoms with E-state index in [0.717, 1.165) is 29.0 Å². The first-order valence-electron chi connectivity index (χ1n) is 9.01. The summed E-state index contributed by atoms with van der Waals surface area (Å²) in [5.74, 6) is -0.370. The Bertz CT molecular complexity index is 968. The molecule has 0 fully saturated rings. The van der Waals surface area contributed by atoms with Crippen LogP contribution in [0, 0.1) is 0 Å². The molecule has 1 heterocycles. The Hall–Kier alpha value is -2.70. The number of hydrogen-bond acceptors (Lipinski definition) is 4. The van der Waals surface area contributed by atoms with E-state index in [4.69, 9.17) is 17.0 Å². The number of aryl methyl sites for hydroxylation is 1. The Morgan fingerprint density at radius 3 is 2.50 bits per heavy atom. The summed E-state index contributed by atoms with van der Waals surface area (Å²) >= 11 is 7.01. The molecule has 0 atom stereocenters. The lowest BCUT2D eigenvalue weighted by Crippen LogP contribution is -2.20. The van der Waals surface area contributed by atoms with Crippen molar-refractivity contribution >= 4 is 45.3 Å². The number of rotatable bonds is 6. The summed E-state index contributed by atoms with van der Waals surface area (Å²) in [4.78, 5) is 13.1. The third kappa shape index (κ3) is 4.97. The van der Waals surface area contributed by atoms with Gasteiger partial charge in [-0.05, 0) is 48.3 Å². The zero-order valence-corrected chi connectivity index (χ0v) is 17.5. The summed E-state index contributed by atoms with van der Waals surface area (Å²) in [5.41, 5.74) is 3.82. The Morgan fingerprint density at radius 2 is 1.79 bits per heavy atom. The molecule has 0 spiro atoms. The Kier molecular flexibility index (Phi) is 6.79. The molecular weight excluding hydrogens is 388 g/mol. The molecule has 0 aliphatic rings. The van der Waals surface area contributed by atoms with Crippen LogP contribution in [0.3, 0.4) is 0 Å². The van der Waals surface area contributed by atoms with Crippen LogP contribution in [0.2, 0.25) is 0 Å². The van der Waals surface area contributed by atoms with Gasteiger partial charge >= 0.3 is 5.97 Å². The standard InChI is InChI=1S/C22H22N2O2S2/c1-3-17-14-18(21(25)26-2)20(28-17)24-22(27)23-19-12-8-7-11-16(19)13-15-9-5-4-6-10-15/h4-12,14H,3,13H2,1-2H3,(H2,23,24,27). The van der Waals surface area contributed by atoms with Crippen LogP contribution in [0.1, 0.15) is 33.3 Å². The van der Waals surface area contributed by atoms with E-state index in [1.807, 2.05) is 49.4 Å². The lowest BCUT2D eigenvalue weighted by Gasteiger charge is -2.14. The van der Waals surface area contributed by atoms with Crippen LogP contribution in [0.5, 0.6) is 0 Å². The van der Waals surface area contributed by atoms with E-state index in [1.165, 1.54) is 24.0 Å². The van der Waals surface area contributed by atoms with Crippen LogP contribution in [-0.2, 0) is 17.6 Å². The van der Waals surface area contributed by atoms with E-state index in [2.05, 4.69) is 28.8 Å². The predicted molar refractivity (Wildman–Crippen MR) is 121 cm³/mol. The fourth-order valence-electron chi connectivity index (χ4n) is 2.84. The molecular formula is C22H22N2O2S2. The molecule has 6 heteroatoms. The van der Waals surface area contributed by atoms with E-state index >= 15 is 0 Å². The number of anilines is 2. The van der Waals surface area contributed by atoms with Gasteiger partial charge in [0, 0.05) is 10.6 Å². The molecule has 144 valence electrons. The smallest absolute Gasteiger partial charge is 0.340 e. The van der Waals surface area contributed by atoms with Gasteiger partial charge in [0.25, 0.3) is 0 Å². The Labute approximate surface area is 174 Å². The number of nitrogens with one attached hydrogen (secondary N) is 2. The van der Waals surface area contributed by atoms with Gasteiger partial charge in [-0.3, -0.25) is 0 Å². The summed E-state index contributed by atoms with van der Waals surface area (Å²) in [5, 5.41) is 7.56. The van der Waals surface area contributed by atoms with Crippen molar-refractivity contribution in [1.82, 2.24) is 0 Å². The topological polar surface area (TPSA) is 50.4 Å². The zero-order chi connectivity index (χ0) is 19.9. The highest BCUT2D eigenvalue weighted by Crippen LogP contribution is 2.29. The number of carbonyl (C=O) groups is 1. The highest BCUT2D eigenvalue weighted by atomic mass is 32.1. The molecule has 0 amide bonds. The maximum Gasteiger partial charge on any atom is 0.340 e. The SMILES string of the molecule is CCc1cc(C(=O)OC)c(NC(=S)Nc2ccccc2Cc2ccccc2)s1. The molecule has 2 aromatic carbocycles. The predicted octanol–water partition coefficient (Wildman–Crippen LogP) is 5.50. The first-order chi connectivity index (χ1) is 13.6. The van der Waals surface area contributed by atoms with Gasteiger partial charge in [-0.25, -0.2) is 4.79 Å². The van der Waals surface area contributed by atoms with Crippen molar-refractivity contribution in [3.05, 3.63) is 82.2 Å². The lowest BCUT2D eigenvalue weighted by atomic mass is 10.0. The summed E-state index contributed by atoms with van der Waals surface area (Å²) in [6.07, 6.45) is 1.65. The van der Waals surface area contributed by atoms with Gasteiger partial charge in [-0.1, -0.05) is 55.5 Å². The van der Waals surface area contributed by atoms with E-state index < -0.39 is 0 Å². The molecule has 0 saturated carbocycles. The summed E-state index contributed by atoms with van der Waals surface area (Å²) < 4.78 is 4.88. The number of para-hydroxylation sites is 1. The number of methoxy groups -OCH3 is 1. The molecule has 0 radical (unpaired) electrons. The molecule has 0 aliphatic carbocycles. The van der Waals surface area contributed by atoms with Crippen molar-refractivity contribution < 1.29 is 9.53 Å². The summed E-state index contributed by atoms with van der Waals surface area (Å²) in [6.45, 7) is 2.05. The monoisotopic (exact) mass is 410 g/mol. The molecule has 0 saturated heterocycles. The minimum atomic E-state index is -0.370. The average molecular weight is 411 g/mol. The van der Waals surface area contributed by atoms with E-state index in [9.17, 15) is 4.79 Å². The number of esters is 1. The molecule has 28 heavy (non-hydrogen) atoms. The van der Waals surface area contributed by atoms with Crippen LogP contribution in [-0.4, -0.2) is 18.2 Å². The van der Waals surface area contributed by atoms with Gasteiger partial charge in [0.05, 0.1) is 12.7 Å². The van der Waals surface area contributed by atoms with Gasteiger partial charge in [0.1, 0.15) is 5.00 Å². The first-order valence-corrected chi connectivity index (χ1v) is 10.2. The number of thiophene rings is 1. The molecule has 3 aromatic rings. The number of hydrogen-bond donors (Lipinski definition) is 2. The lowest BCUT2D eigenvalue weighted by molar-refractivity contribution is 0.0602. The van der Waals surface area contributed by atoms with Crippen molar-refractivity contribution in [3.63, 3.8) is 0 Å². The van der Waals surface area contributed by atoms with Crippen LogP contribution in [0.25, 0.3) is 0 Å². The molecule has 2 N–H and O–H groups in total. The molecule has 1 aromatic heterocycles. The van der Waals surface area contributed by atoms with Crippen molar-refractivity contribution in [1.29, 1.82) is 0 Å². The quantitative estimate of drug-likeness (QED) is 0.415. The summed E-state index contributed by atoms with van der Waals surface area (Å²) in [6, 6.07) is 20.2. The van der Waals surface area contributed by atoms with Crippen LogP contribution >= 0.6 is 23.6 Å². The Balaban J connectivity index is 1.76. The van der Waals surface area contributed by atoms with E-state index in [1.54, 1.807) is 0 Å². The molecule has 4 nitrogen and oxygen atoms in total. The fourth-order valence-corrected chi connectivity index (χ4v) is 4.10. The van der Waals surface area contributed by atoms with Crippen LogP contribution < -0.4 is 10.6 Å². The second-order valence-electron chi connectivity index (χ2n) is 6.20. The van der Waals surface area contributed by atoms with Gasteiger partial charge in [-0.15, -0.1) is 11.3 Å². The van der Waals surface area contributed by atoms with Gasteiger partial charge in [-0.2, -0.15) is 0 Å². The number of thiocarbonyl (C=S) groups is 1. The van der Waals surface area contributed by atoms with Crippen molar-refractivity contribution in [2.75, 3.05) is 17.7 Å².